The maximum atomic E-state index is 5.67. The van der Waals surface area contributed by atoms with Crippen LogP contribution in [0.25, 0.3) is 0 Å². The van der Waals surface area contributed by atoms with Gasteiger partial charge in [0.1, 0.15) is 5.75 Å². The van der Waals surface area contributed by atoms with Gasteiger partial charge < -0.3 is 4.74 Å². The molecular weight excluding hydrogens is 208 g/mol. The maximum Gasteiger partial charge on any atom is 0.119 e. The molecule has 0 bridgehead atoms. The summed E-state index contributed by atoms with van der Waals surface area (Å²) >= 11 is 5.67. The quantitative estimate of drug-likeness (QED) is 0.666. The molecule has 1 aromatic carbocycles. The Bertz CT molecular complexity index is 268. The van der Waals surface area contributed by atoms with E-state index in [0.717, 1.165) is 31.1 Å². The molecule has 1 atom stereocenters. The van der Waals surface area contributed by atoms with Gasteiger partial charge in [-0.3, -0.25) is 0 Å². The summed E-state index contributed by atoms with van der Waals surface area (Å²) in [5, 5.41) is 0. The molecule has 1 aromatic rings. The van der Waals surface area contributed by atoms with E-state index < -0.39 is 0 Å². The van der Waals surface area contributed by atoms with E-state index in [2.05, 4.69) is 26.0 Å². The lowest BCUT2D eigenvalue weighted by Crippen LogP contribution is -2.04. The van der Waals surface area contributed by atoms with Crippen LogP contribution in [-0.2, 0) is 0 Å². The lowest BCUT2D eigenvalue weighted by molar-refractivity contribution is 0.282. The highest BCUT2D eigenvalue weighted by molar-refractivity contribution is 6.17. The Labute approximate surface area is 97.4 Å². The predicted octanol–water partition coefficient (Wildman–Crippen LogP) is 4.03. The van der Waals surface area contributed by atoms with Crippen LogP contribution in [0.5, 0.6) is 5.75 Å². The van der Waals surface area contributed by atoms with E-state index in [-0.39, 0.29) is 0 Å². The Kier molecular flexibility index (Phi) is 5.56. The van der Waals surface area contributed by atoms with E-state index in [0.29, 0.717) is 5.92 Å². The summed E-state index contributed by atoms with van der Waals surface area (Å²) < 4.78 is 5.63. The molecule has 0 spiro atoms. The van der Waals surface area contributed by atoms with E-state index >= 15 is 0 Å². The summed E-state index contributed by atoms with van der Waals surface area (Å²) in [5.41, 5.74) is 1.26. The highest BCUT2D eigenvalue weighted by Gasteiger charge is 2.01. The molecule has 0 saturated heterocycles. The van der Waals surface area contributed by atoms with Gasteiger partial charge in [0.25, 0.3) is 0 Å². The molecule has 0 heterocycles. The second-order valence-electron chi connectivity index (χ2n) is 4.03. The van der Waals surface area contributed by atoms with Crippen molar-refractivity contribution in [2.45, 2.75) is 26.7 Å². The van der Waals surface area contributed by atoms with Crippen LogP contribution in [0.4, 0.5) is 0 Å². The van der Waals surface area contributed by atoms with Crippen molar-refractivity contribution in [1.29, 1.82) is 0 Å². The third kappa shape index (κ3) is 5.08. The molecule has 1 rings (SSSR count). The molecule has 0 aromatic heterocycles. The van der Waals surface area contributed by atoms with Gasteiger partial charge >= 0.3 is 0 Å². The van der Waals surface area contributed by atoms with Crippen LogP contribution in [0, 0.1) is 12.8 Å². The Hall–Kier alpha value is -0.690. The summed E-state index contributed by atoms with van der Waals surface area (Å²) in [6.07, 6.45) is 2.14. The number of halogens is 1. The van der Waals surface area contributed by atoms with Crippen molar-refractivity contribution >= 4 is 11.6 Å². The number of rotatable bonds is 6. The van der Waals surface area contributed by atoms with Crippen LogP contribution in [0.3, 0.4) is 0 Å². The Morgan fingerprint density at radius 3 is 2.47 bits per heavy atom. The zero-order valence-electron chi connectivity index (χ0n) is 9.50. The summed E-state index contributed by atoms with van der Waals surface area (Å²) in [6.45, 7) is 5.06. The van der Waals surface area contributed by atoms with Crippen molar-refractivity contribution < 1.29 is 4.74 Å². The van der Waals surface area contributed by atoms with Gasteiger partial charge in [0.2, 0.25) is 0 Å². The first-order valence-corrected chi connectivity index (χ1v) is 6.01. The number of benzene rings is 1. The van der Waals surface area contributed by atoms with Crippen molar-refractivity contribution in [1.82, 2.24) is 0 Å². The SMILES string of the molecule is Cc1ccc(OCCC(C)CCCl)cc1. The fourth-order valence-corrected chi connectivity index (χ4v) is 1.72. The molecule has 0 aliphatic heterocycles. The average molecular weight is 227 g/mol. The van der Waals surface area contributed by atoms with E-state index in [1.807, 2.05) is 12.1 Å². The minimum absolute atomic E-state index is 0.646. The lowest BCUT2D eigenvalue weighted by atomic mass is 10.1. The van der Waals surface area contributed by atoms with Gasteiger partial charge in [-0.15, -0.1) is 11.6 Å². The maximum absolute atomic E-state index is 5.67. The molecule has 15 heavy (non-hydrogen) atoms. The second-order valence-corrected chi connectivity index (χ2v) is 4.41. The molecule has 0 fully saturated rings. The lowest BCUT2D eigenvalue weighted by Gasteiger charge is -2.10. The zero-order chi connectivity index (χ0) is 11.1. The van der Waals surface area contributed by atoms with Crippen LogP contribution >= 0.6 is 11.6 Å². The molecule has 2 heteroatoms. The third-order valence-electron chi connectivity index (χ3n) is 2.50. The number of ether oxygens (including phenoxy) is 1. The first kappa shape index (κ1) is 12.4. The van der Waals surface area contributed by atoms with Gasteiger partial charge in [-0.25, -0.2) is 0 Å². The van der Waals surface area contributed by atoms with Gasteiger partial charge in [0, 0.05) is 5.88 Å². The standard InChI is InChI=1S/C13H19ClO/c1-11-3-5-13(6-4-11)15-10-8-12(2)7-9-14/h3-6,12H,7-10H2,1-2H3. The van der Waals surface area contributed by atoms with Crippen molar-refractivity contribution in [3.63, 3.8) is 0 Å². The molecule has 0 aliphatic carbocycles. The van der Waals surface area contributed by atoms with Crippen LogP contribution in [-0.4, -0.2) is 12.5 Å². The highest BCUT2D eigenvalue weighted by Crippen LogP contribution is 2.14. The van der Waals surface area contributed by atoms with Gasteiger partial charge in [-0.05, 0) is 37.8 Å². The van der Waals surface area contributed by atoms with E-state index in [1.165, 1.54) is 5.56 Å². The smallest absolute Gasteiger partial charge is 0.119 e. The topological polar surface area (TPSA) is 9.23 Å². The van der Waals surface area contributed by atoms with E-state index in [4.69, 9.17) is 16.3 Å². The van der Waals surface area contributed by atoms with Crippen LogP contribution in [0.1, 0.15) is 25.3 Å². The fraction of sp³-hybridized carbons (Fsp3) is 0.538. The molecular formula is C13H19ClO. The van der Waals surface area contributed by atoms with E-state index in [1.54, 1.807) is 0 Å². The average Bonchev–Trinajstić information content (AvgIpc) is 2.21. The normalized spacial score (nSPS) is 12.5. The molecule has 1 nitrogen and oxygen atoms in total. The molecule has 0 saturated carbocycles. The largest absolute Gasteiger partial charge is 0.494 e. The molecule has 0 aliphatic rings. The van der Waals surface area contributed by atoms with Crippen molar-refractivity contribution in [2.24, 2.45) is 5.92 Å². The predicted molar refractivity (Wildman–Crippen MR) is 65.8 cm³/mol. The van der Waals surface area contributed by atoms with Gasteiger partial charge in [0.05, 0.1) is 6.61 Å². The Morgan fingerprint density at radius 1 is 1.20 bits per heavy atom. The van der Waals surface area contributed by atoms with Gasteiger partial charge in [-0.1, -0.05) is 24.6 Å². The van der Waals surface area contributed by atoms with Gasteiger partial charge in [0.15, 0.2) is 0 Å². The number of alkyl halides is 1. The summed E-state index contributed by atoms with van der Waals surface area (Å²) in [7, 11) is 0. The number of hydrogen-bond acceptors (Lipinski definition) is 1. The van der Waals surface area contributed by atoms with Gasteiger partial charge in [-0.2, -0.15) is 0 Å². The monoisotopic (exact) mass is 226 g/mol. The van der Waals surface area contributed by atoms with Crippen molar-refractivity contribution in [3.8, 4) is 5.75 Å². The molecule has 0 amide bonds. The highest BCUT2D eigenvalue weighted by atomic mass is 35.5. The Balaban J connectivity index is 2.22. The fourth-order valence-electron chi connectivity index (χ4n) is 1.34. The zero-order valence-corrected chi connectivity index (χ0v) is 10.3. The third-order valence-corrected chi connectivity index (χ3v) is 2.72. The number of aryl methyl sites for hydroxylation is 1. The van der Waals surface area contributed by atoms with Crippen LogP contribution in [0.15, 0.2) is 24.3 Å². The first-order chi connectivity index (χ1) is 7.22. The van der Waals surface area contributed by atoms with E-state index in [9.17, 15) is 0 Å². The summed E-state index contributed by atoms with van der Waals surface area (Å²) in [4.78, 5) is 0. The second kappa shape index (κ2) is 6.73. The molecule has 1 unspecified atom stereocenters. The summed E-state index contributed by atoms with van der Waals surface area (Å²) in [6, 6.07) is 8.16. The molecule has 0 radical (unpaired) electrons. The first-order valence-electron chi connectivity index (χ1n) is 5.48. The Morgan fingerprint density at radius 2 is 1.87 bits per heavy atom. The number of hydrogen-bond donors (Lipinski definition) is 0. The minimum atomic E-state index is 0.646. The van der Waals surface area contributed by atoms with Crippen molar-refractivity contribution in [3.05, 3.63) is 29.8 Å². The molecule has 0 N–H and O–H groups in total. The minimum Gasteiger partial charge on any atom is -0.494 e. The summed E-state index contributed by atoms with van der Waals surface area (Å²) in [5.74, 6) is 2.35. The van der Waals surface area contributed by atoms with Crippen LogP contribution in [0.2, 0.25) is 0 Å². The molecule has 84 valence electrons. The van der Waals surface area contributed by atoms with Crippen LogP contribution < -0.4 is 4.74 Å². The van der Waals surface area contributed by atoms with Crippen molar-refractivity contribution in [2.75, 3.05) is 12.5 Å².